The van der Waals surface area contributed by atoms with E-state index in [0.717, 1.165) is 27.7 Å². The van der Waals surface area contributed by atoms with Crippen molar-refractivity contribution in [2.45, 2.75) is 39.1 Å². The number of nitrogens with zero attached hydrogens (tertiary/aromatic N) is 1. The van der Waals surface area contributed by atoms with Crippen LogP contribution in [0.15, 0.2) is 54.7 Å². The SMILES string of the molecule is Cc1ccc2nccc(NCc3ccccc3CS(=O)(=O)NC(C)C)c2c1. The molecule has 0 fully saturated rings. The van der Waals surface area contributed by atoms with Gasteiger partial charge in [-0.2, -0.15) is 0 Å². The monoisotopic (exact) mass is 383 g/mol. The Labute approximate surface area is 160 Å². The van der Waals surface area contributed by atoms with E-state index in [4.69, 9.17) is 0 Å². The first-order valence-electron chi connectivity index (χ1n) is 9.00. The van der Waals surface area contributed by atoms with Gasteiger partial charge in [0, 0.05) is 29.9 Å². The maximum atomic E-state index is 12.3. The molecule has 27 heavy (non-hydrogen) atoms. The molecular weight excluding hydrogens is 358 g/mol. The zero-order valence-corrected chi connectivity index (χ0v) is 16.7. The van der Waals surface area contributed by atoms with Crippen molar-refractivity contribution >= 4 is 26.6 Å². The lowest BCUT2D eigenvalue weighted by Crippen LogP contribution is -2.31. The minimum atomic E-state index is -3.37. The van der Waals surface area contributed by atoms with Crippen LogP contribution in [0.5, 0.6) is 0 Å². The minimum absolute atomic E-state index is 0.0285. The van der Waals surface area contributed by atoms with E-state index in [1.54, 1.807) is 6.20 Å². The van der Waals surface area contributed by atoms with E-state index in [1.807, 2.05) is 56.3 Å². The average molecular weight is 384 g/mol. The molecule has 0 aliphatic rings. The van der Waals surface area contributed by atoms with Gasteiger partial charge in [0.05, 0.1) is 11.3 Å². The van der Waals surface area contributed by atoms with Crippen molar-refractivity contribution in [3.63, 3.8) is 0 Å². The molecule has 6 heteroatoms. The zero-order chi connectivity index (χ0) is 19.4. The molecule has 1 aromatic heterocycles. The van der Waals surface area contributed by atoms with Crippen LogP contribution in [0.2, 0.25) is 0 Å². The Morgan fingerprint density at radius 1 is 1.04 bits per heavy atom. The molecule has 5 nitrogen and oxygen atoms in total. The van der Waals surface area contributed by atoms with Crippen LogP contribution in [0.4, 0.5) is 5.69 Å². The predicted octanol–water partition coefficient (Wildman–Crippen LogP) is 3.98. The number of pyridine rings is 1. The third kappa shape index (κ3) is 5.05. The van der Waals surface area contributed by atoms with Gasteiger partial charge in [-0.3, -0.25) is 4.98 Å². The van der Waals surface area contributed by atoms with Gasteiger partial charge in [-0.05, 0) is 50.1 Å². The van der Waals surface area contributed by atoms with Crippen LogP contribution in [-0.4, -0.2) is 19.4 Å². The van der Waals surface area contributed by atoms with Gasteiger partial charge in [0.1, 0.15) is 0 Å². The summed E-state index contributed by atoms with van der Waals surface area (Å²) >= 11 is 0. The molecule has 3 aromatic rings. The molecule has 3 rings (SSSR count). The van der Waals surface area contributed by atoms with Crippen molar-refractivity contribution in [3.05, 3.63) is 71.4 Å². The van der Waals surface area contributed by atoms with Gasteiger partial charge in [0.2, 0.25) is 10.0 Å². The lowest BCUT2D eigenvalue weighted by molar-refractivity contribution is 0.569. The summed E-state index contributed by atoms with van der Waals surface area (Å²) in [4.78, 5) is 4.40. The molecule has 0 aliphatic heterocycles. The van der Waals surface area contributed by atoms with Gasteiger partial charge in [-0.25, -0.2) is 13.1 Å². The molecule has 142 valence electrons. The second-order valence-corrected chi connectivity index (χ2v) is 8.79. The predicted molar refractivity (Wildman–Crippen MR) is 111 cm³/mol. The third-order valence-corrected chi connectivity index (χ3v) is 5.77. The number of sulfonamides is 1. The van der Waals surface area contributed by atoms with Crippen molar-refractivity contribution in [1.82, 2.24) is 9.71 Å². The van der Waals surface area contributed by atoms with Crippen LogP contribution < -0.4 is 10.0 Å². The second kappa shape index (κ2) is 8.06. The lowest BCUT2D eigenvalue weighted by Gasteiger charge is -2.14. The number of rotatable bonds is 7. The lowest BCUT2D eigenvalue weighted by atomic mass is 10.1. The van der Waals surface area contributed by atoms with Crippen molar-refractivity contribution in [1.29, 1.82) is 0 Å². The normalized spacial score (nSPS) is 11.9. The molecule has 0 amide bonds. The number of benzene rings is 2. The fourth-order valence-electron chi connectivity index (χ4n) is 3.08. The number of aromatic nitrogens is 1. The Balaban J connectivity index is 1.83. The molecule has 2 N–H and O–H groups in total. The maximum Gasteiger partial charge on any atom is 0.216 e. The quantitative estimate of drug-likeness (QED) is 0.647. The van der Waals surface area contributed by atoms with E-state index in [0.29, 0.717) is 6.54 Å². The van der Waals surface area contributed by atoms with Gasteiger partial charge in [0.15, 0.2) is 0 Å². The smallest absolute Gasteiger partial charge is 0.216 e. The summed E-state index contributed by atoms with van der Waals surface area (Å²) in [5, 5.41) is 4.50. The highest BCUT2D eigenvalue weighted by atomic mass is 32.2. The Bertz CT molecular complexity index is 1050. The fraction of sp³-hybridized carbons (Fsp3) is 0.286. The highest BCUT2D eigenvalue weighted by Crippen LogP contribution is 2.24. The third-order valence-electron chi connectivity index (χ3n) is 4.25. The molecule has 0 radical (unpaired) electrons. The molecule has 2 aromatic carbocycles. The molecule has 0 saturated heterocycles. The fourth-order valence-corrected chi connectivity index (χ4v) is 4.57. The van der Waals surface area contributed by atoms with Crippen LogP contribution in [0.1, 0.15) is 30.5 Å². The van der Waals surface area contributed by atoms with Gasteiger partial charge < -0.3 is 5.32 Å². The topological polar surface area (TPSA) is 71.1 Å². The molecule has 0 atom stereocenters. The number of fused-ring (bicyclic) bond motifs is 1. The van der Waals surface area contributed by atoms with E-state index in [9.17, 15) is 8.42 Å². The number of hydrogen-bond acceptors (Lipinski definition) is 4. The summed E-state index contributed by atoms with van der Waals surface area (Å²) in [6.45, 7) is 6.24. The molecule has 1 heterocycles. The highest BCUT2D eigenvalue weighted by Gasteiger charge is 2.15. The van der Waals surface area contributed by atoms with Crippen LogP contribution in [0.25, 0.3) is 10.9 Å². The Morgan fingerprint density at radius 3 is 2.52 bits per heavy atom. The largest absolute Gasteiger partial charge is 0.380 e. The number of anilines is 1. The van der Waals surface area contributed by atoms with Gasteiger partial charge in [0.25, 0.3) is 0 Å². The maximum absolute atomic E-state index is 12.3. The number of hydrogen-bond donors (Lipinski definition) is 2. The minimum Gasteiger partial charge on any atom is -0.380 e. The second-order valence-electron chi connectivity index (χ2n) is 7.03. The van der Waals surface area contributed by atoms with E-state index in [2.05, 4.69) is 28.0 Å². The summed E-state index contributed by atoms with van der Waals surface area (Å²) < 4.78 is 27.3. The highest BCUT2D eigenvalue weighted by molar-refractivity contribution is 7.88. The Morgan fingerprint density at radius 2 is 1.78 bits per heavy atom. The van der Waals surface area contributed by atoms with Crippen LogP contribution in [0.3, 0.4) is 0 Å². The molecular formula is C21H25N3O2S. The Hall–Kier alpha value is -2.44. The van der Waals surface area contributed by atoms with E-state index < -0.39 is 10.0 Å². The van der Waals surface area contributed by atoms with Crippen molar-refractivity contribution in [2.24, 2.45) is 0 Å². The van der Waals surface area contributed by atoms with Gasteiger partial charge >= 0.3 is 0 Å². The first-order valence-corrected chi connectivity index (χ1v) is 10.7. The van der Waals surface area contributed by atoms with Crippen LogP contribution >= 0.6 is 0 Å². The molecule has 0 bridgehead atoms. The molecule has 0 saturated carbocycles. The van der Waals surface area contributed by atoms with E-state index in [-0.39, 0.29) is 11.8 Å². The first-order chi connectivity index (χ1) is 12.8. The average Bonchev–Trinajstić information content (AvgIpc) is 2.59. The van der Waals surface area contributed by atoms with Gasteiger partial charge in [-0.1, -0.05) is 35.9 Å². The summed E-state index contributed by atoms with van der Waals surface area (Å²) in [6.07, 6.45) is 1.78. The van der Waals surface area contributed by atoms with E-state index >= 15 is 0 Å². The molecule has 0 spiro atoms. The first kappa shape index (κ1) is 19.3. The Kier molecular flexibility index (Phi) is 5.77. The van der Waals surface area contributed by atoms with Crippen LogP contribution in [-0.2, 0) is 22.3 Å². The van der Waals surface area contributed by atoms with Crippen LogP contribution in [0, 0.1) is 6.92 Å². The van der Waals surface area contributed by atoms with Gasteiger partial charge in [-0.15, -0.1) is 0 Å². The number of aryl methyl sites for hydroxylation is 1. The summed E-state index contributed by atoms with van der Waals surface area (Å²) in [5.41, 5.74) is 4.85. The van der Waals surface area contributed by atoms with Crippen molar-refractivity contribution in [3.8, 4) is 0 Å². The zero-order valence-electron chi connectivity index (χ0n) is 15.9. The van der Waals surface area contributed by atoms with Crippen molar-refractivity contribution < 1.29 is 8.42 Å². The number of nitrogens with one attached hydrogen (secondary N) is 2. The standard InChI is InChI=1S/C21H25N3O2S/c1-15(2)24-27(25,26)14-18-7-5-4-6-17(18)13-23-21-10-11-22-20-9-8-16(3)12-19(20)21/h4-12,15,24H,13-14H2,1-3H3,(H,22,23). The summed E-state index contributed by atoms with van der Waals surface area (Å²) in [7, 11) is -3.37. The van der Waals surface area contributed by atoms with Crippen molar-refractivity contribution in [2.75, 3.05) is 5.32 Å². The van der Waals surface area contributed by atoms with E-state index in [1.165, 1.54) is 5.56 Å². The summed E-state index contributed by atoms with van der Waals surface area (Å²) in [6, 6.07) is 15.6. The molecule has 0 unspecified atom stereocenters. The summed E-state index contributed by atoms with van der Waals surface area (Å²) in [5.74, 6) is -0.0285. The molecule has 0 aliphatic carbocycles.